The Kier molecular flexibility index (Phi) is 6.41. The van der Waals surface area contributed by atoms with Crippen molar-refractivity contribution in [3.63, 3.8) is 0 Å². The molecule has 0 radical (unpaired) electrons. The number of carbonyl (C=O) groups is 3. The number of amides is 4. The van der Waals surface area contributed by atoms with Gasteiger partial charge >= 0.3 is 6.03 Å². The summed E-state index contributed by atoms with van der Waals surface area (Å²) in [5.74, 6) is -0.0107. The number of ether oxygens (including phenoxy) is 3. The van der Waals surface area contributed by atoms with Crippen LogP contribution in [0.4, 0.5) is 10.5 Å². The maximum atomic E-state index is 13.0. The third-order valence-corrected chi connectivity index (χ3v) is 5.00. The number of urea groups is 1. The number of benzene rings is 2. The molecule has 4 amide bonds. The predicted molar refractivity (Wildman–Crippen MR) is 114 cm³/mol. The molecule has 1 aliphatic rings. The first-order valence-electron chi connectivity index (χ1n) is 8.95. The first-order chi connectivity index (χ1) is 14.4. The van der Waals surface area contributed by atoms with E-state index < -0.39 is 17.8 Å². The molecule has 1 N–H and O–H groups in total. The summed E-state index contributed by atoms with van der Waals surface area (Å²) in [6, 6.07) is 8.89. The number of nitrogens with one attached hydrogen (secondary N) is 1. The SMILES string of the molecule is CCOc1ccc(N2C(=O)NC(=O)/C(=C\c3cc(OC)c(OC)cc3Br)C2=O)cc1. The second kappa shape index (κ2) is 9.00. The molecule has 1 heterocycles. The van der Waals surface area contributed by atoms with Crippen LogP contribution in [0.2, 0.25) is 0 Å². The van der Waals surface area contributed by atoms with Crippen LogP contribution in [-0.4, -0.2) is 38.7 Å². The summed E-state index contributed by atoms with van der Waals surface area (Å²) in [7, 11) is 2.98. The molecule has 0 unspecified atom stereocenters. The smallest absolute Gasteiger partial charge is 0.335 e. The van der Waals surface area contributed by atoms with Crippen LogP contribution in [0.25, 0.3) is 6.08 Å². The molecule has 156 valence electrons. The molecular weight excluding hydrogens is 456 g/mol. The van der Waals surface area contributed by atoms with Crippen LogP contribution in [0.1, 0.15) is 12.5 Å². The monoisotopic (exact) mass is 474 g/mol. The van der Waals surface area contributed by atoms with Gasteiger partial charge in [0.05, 0.1) is 26.5 Å². The molecule has 0 spiro atoms. The number of methoxy groups -OCH3 is 2. The quantitative estimate of drug-likeness (QED) is 0.508. The minimum atomic E-state index is -0.822. The number of carbonyl (C=O) groups excluding carboxylic acids is 3. The van der Waals surface area contributed by atoms with Gasteiger partial charge in [0.15, 0.2) is 11.5 Å². The van der Waals surface area contributed by atoms with Crippen molar-refractivity contribution in [2.75, 3.05) is 25.7 Å². The largest absolute Gasteiger partial charge is 0.494 e. The van der Waals surface area contributed by atoms with E-state index in [1.807, 2.05) is 6.92 Å². The highest BCUT2D eigenvalue weighted by Gasteiger charge is 2.37. The van der Waals surface area contributed by atoms with Crippen molar-refractivity contribution in [1.29, 1.82) is 0 Å². The fourth-order valence-electron chi connectivity index (χ4n) is 2.89. The van der Waals surface area contributed by atoms with Crippen LogP contribution < -0.4 is 24.4 Å². The Morgan fingerprint density at radius 2 is 1.67 bits per heavy atom. The Labute approximate surface area is 181 Å². The van der Waals surface area contributed by atoms with Gasteiger partial charge in [-0.2, -0.15) is 0 Å². The molecule has 3 rings (SSSR count). The molecule has 0 bridgehead atoms. The van der Waals surface area contributed by atoms with E-state index in [0.717, 1.165) is 4.90 Å². The van der Waals surface area contributed by atoms with Gasteiger partial charge < -0.3 is 14.2 Å². The van der Waals surface area contributed by atoms with E-state index in [1.54, 1.807) is 36.4 Å². The van der Waals surface area contributed by atoms with Crippen LogP contribution in [0, 0.1) is 0 Å². The Morgan fingerprint density at radius 3 is 2.27 bits per heavy atom. The second-order valence-corrected chi connectivity index (χ2v) is 6.97. The number of hydrogen-bond acceptors (Lipinski definition) is 6. The van der Waals surface area contributed by atoms with Crippen molar-refractivity contribution in [3.05, 3.63) is 52.0 Å². The minimum absolute atomic E-state index is 0.198. The van der Waals surface area contributed by atoms with Crippen molar-refractivity contribution in [1.82, 2.24) is 5.32 Å². The Balaban J connectivity index is 2.00. The molecule has 0 aliphatic carbocycles. The zero-order valence-electron chi connectivity index (χ0n) is 16.5. The summed E-state index contributed by atoms with van der Waals surface area (Å²) in [5, 5.41) is 2.20. The van der Waals surface area contributed by atoms with Crippen LogP contribution in [0.3, 0.4) is 0 Å². The van der Waals surface area contributed by atoms with Crippen LogP contribution in [0.5, 0.6) is 17.2 Å². The van der Waals surface area contributed by atoms with Gasteiger partial charge in [-0.25, -0.2) is 9.69 Å². The number of nitrogens with zero attached hydrogens (tertiary/aromatic N) is 1. The van der Waals surface area contributed by atoms with E-state index in [1.165, 1.54) is 20.3 Å². The Morgan fingerprint density at radius 1 is 1.03 bits per heavy atom. The topological polar surface area (TPSA) is 94.2 Å². The lowest BCUT2D eigenvalue weighted by Gasteiger charge is -2.26. The number of hydrogen-bond donors (Lipinski definition) is 1. The highest BCUT2D eigenvalue weighted by atomic mass is 79.9. The van der Waals surface area contributed by atoms with Crippen LogP contribution in [-0.2, 0) is 9.59 Å². The molecule has 0 saturated carbocycles. The average molecular weight is 475 g/mol. The third-order valence-electron chi connectivity index (χ3n) is 4.31. The summed E-state index contributed by atoms with van der Waals surface area (Å²) >= 11 is 3.39. The molecule has 0 aromatic heterocycles. The van der Waals surface area contributed by atoms with Gasteiger partial charge in [-0.1, -0.05) is 15.9 Å². The molecule has 9 heteroatoms. The molecular formula is C21H19BrN2O6. The first kappa shape index (κ1) is 21.4. The molecule has 1 fully saturated rings. The van der Waals surface area contributed by atoms with E-state index in [-0.39, 0.29) is 5.57 Å². The second-order valence-electron chi connectivity index (χ2n) is 6.11. The van der Waals surface area contributed by atoms with Crippen molar-refractivity contribution >= 4 is 45.5 Å². The molecule has 1 saturated heterocycles. The van der Waals surface area contributed by atoms with E-state index in [9.17, 15) is 14.4 Å². The van der Waals surface area contributed by atoms with Gasteiger partial charge in [0.25, 0.3) is 11.8 Å². The molecule has 2 aromatic carbocycles. The van der Waals surface area contributed by atoms with E-state index >= 15 is 0 Å². The van der Waals surface area contributed by atoms with Crippen LogP contribution >= 0.6 is 15.9 Å². The van der Waals surface area contributed by atoms with Crippen molar-refractivity contribution in [2.45, 2.75) is 6.92 Å². The zero-order valence-corrected chi connectivity index (χ0v) is 18.1. The highest BCUT2D eigenvalue weighted by Crippen LogP contribution is 2.35. The lowest BCUT2D eigenvalue weighted by atomic mass is 10.1. The predicted octanol–water partition coefficient (Wildman–Crippen LogP) is 3.53. The Bertz CT molecular complexity index is 1030. The maximum Gasteiger partial charge on any atom is 0.335 e. The normalized spacial score (nSPS) is 15.3. The number of halogens is 1. The molecule has 0 atom stereocenters. The summed E-state index contributed by atoms with van der Waals surface area (Å²) < 4.78 is 16.5. The minimum Gasteiger partial charge on any atom is -0.494 e. The van der Waals surface area contributed by atoms with Crippen molar-refractivity contribution < 1.29 is 28.6 Å². The fraction of sp³-hybridized carbons (Fsp3) is 0.190. The van der Waals surface area contributed by atoms with Gasteiger partial charge in [0.2, 0.25) is 0 Å². The lowest BCUT2D eigenvalue weighted by Crippen LogP contribution is -2.54. The number of anilines is 1. The van der Waals surface area contributed by atoms with E-state index in [0.29, 0.717) is 39.6 Å². The van der Waals surface area contributed by atoms with Gasteiger partial charge in [-0.3, -0.25) is 14.9 Å². The number of rotatable bonds is 6. The lowest BCUT2D eigenvalue weighted by molar-refractivity contribution is -0.122. The molecule has 1 aliphatic heterocycles. The zero-order chi connectivity index (χ0) is 21.8. The highest BCUT2D eigenvalue weighted by molar-refractivity contribution is 9.10. The maximum absolute atomic E-state index is 13.0. The number of barbiturate groups is 1. The van der Waals surface area contributed by atoms with Crippen molar-refractivity contribution in [3.8, 4) is 17.2 Å². The van der Waals surface area contributed by atoms with Crippen LogP contribution in [0.15, 0.2) is 46.4 Å². The summed E-state index contributed by atoms with van der Waals surface area (Å²) in [6.45, 7) is 2.34. The van der Waals surface area contributed by atoms with E-state index in [4.69, 9.17) is 14.2 Å². The van der Waals surface area contributed by atoms with Gasteiger partial charge in [-0.15, -0.1) is 0 Å². The third kappa shape index (κ3) is 4.16. The van der Waals surface area contributed by atoms with E-state index in [2.05, 4.69) is 21.2 Å². The molecule has 2 aromatic rings. The number of imide groups is 2. The van der Waals surface area contributed by atoms with Gasteiger partial charge in [0, 0.05) is 4.47 Å². The van der Waals surface area contributed by atoms with Gasteiger partial charge in [-0.05, 0) is 55.0 Å². The average Bonchev–Trinajstić information content (AvgIpc) is 2.73. The van der Waals surface area contributed by atoms with Gasteiger partial charge in [0.1, 0.15) is 11.3 Å². The summed E-state index contributed by atoms with van der Waals surface area (Å²) in [4.78, 5) is 38.7. The standard InChI is InChI=1S/C21H19BrN2O6/c1-4-30-14-7-5-13(6-8-14)24-20(26)15(19(25)23-21(24)27)9-12-10-17(28-2)18(29-3)11-16(12)22/h5-11H,4H2,1-3H3,(H,23,25,27)/b15-9+. The summed E-state index contributed by atoms with van der Waals surface area (Å²) in [5.41, 5.74) is 0.620. The molecule has 8 nitrogen and oxygen atoms in total. The Hall–Kier alpha value is -3.33. The summed E-state index contributed by atoms with van der Waals surface area (Å²) in [6.07, 6.45) is 1.39. The van der Waals surface area contributed by atoms with Crippen molar-refractivity contribution in [2.24, 2.45) is 0 Å². The molecule has 30 heavy (non-hydrogen) atoms. The fourth-order valence-corrected chi connectivity index (χ4v) is 3.32. The first-order valence-corrected chi connectivity index (χ1v) is 9.74.